The highest BCUT2D eigenvalue weighted by Crippen LogP contribution is 2.41. The SMILES string of the molecule is CNC1CC(c2ccc(Cl)c(Br)c2)Oc2ccc(F)cc21. The van der Waals surface area contributed by atoms with E-state index in [1.165, 1.54) is 12.1 Å². The summed E-state index contributed by atoms with van der Waals surface area (Å²) in [6.07, 6.45) is 0.648. The molecule has 0 aliphatic carbocycles. The van der Waals surface area contributed by atoms with Crippen molar-refractivity contribution in [1.29, 1.82) is 0 Å². The molecule has 0 saturated carbocycles. The van der Waals surface area contributed by atoms with Crippen LogP contribution in [-0.4, -0.2) is 7.05 Å². The first-order chi connectivity index (χ1) is 10.1. The Bertz CT molecular complexity index is 679. The zero-order valence-corrected chi connectivity index (χ0v) is 13.7. The van der Waals surface area contributed by atoms with E-state index in [-0.39, 0.29) is 18.0 Å². The van der Waals surface area contributed by atoms with Crippen LogP contribution in [0.5, 0.6) is 5.75 Å². The molecule has 0 amide bonds. The maximum Gasteiger partial charge on any atom is 0.126 e. The smallest absolute Gasteiger partial charge is 0.126 e. The van der Waals surface area contributed by atoms with Gasteiger partial charge in [0.1, 0.15) is 17.7 Å². The molecular formula is C16H14BrClFNO. The summed E-state index contributed by atoms with van der Waals surface area (Å²) >= 11 is 9.47. The van der Waals surface area contributed by atoms with Crippen LogP contribution in [0.25, 0.3) is 0 Å². The minimum atomic E-state index is -0.245. The number of halogens is 3. The van der Waals surface area contributed by atoms with Gasteiger partial charge in [0.15, 0.2) is 0 Å². The highest BCUT2D eigenvalue weighted by atomic mass is 79.9. The van der Waals surface area contributed by atoms with Crippen LogP contribution in [0, 0.1) is 5.82 Å². The summed E-state index contributed by atoms with van der Waals surface area (Å²) in [6.45, 7) is 0. The molecule has 0 saturated heterocycles. The molecule has 0 aromatic heterocycles. The van der Waals surface area contributed by atoms with Crippen molar-refractivity contribution >= 4 is 27.5 Å². The fourth-order valence-electron chi connectivity index (χ4n) is 2.63. The maximum absolute atomic E-state index is 13.4. The van der Waals surface area contributed by atoms with Gasteiger partial charge in [-0.3, -0.25) is 0 Å². The number of benzene rings is 2. The van der Waals surface area contributed by atoms with Crippen LogP contribution in [0.1, 0.15) is 29.7 Å². The quantitative estimate of drug-likeness (QED) is 0.801. The second-order valence-corrected chi connectivity index (χ2v) is 6.30. The molecular weight excluding hydrogens is 357 g/mol. The van der Waals surface area contributed by atoms with Crippen molar-refractivity contribution in [3.05, 3.63) is 62.8 Å². The van der Waals surface area contributed by atoms with Gasteiger partial charge >= 0.3 is 0 Å². The summed E-state index contributed by atoms with van der Waals surface area (Å²) in [4.78, 5) is 0. The van der Waals surface area contributed by atoms with Crippen LogP contribution in [0.3, 0.4) is 0 Å². The van der Waals surface area contributed by atoms with Gasteiger partial charge < -0.3 is 10.1 Å². The monoisotopic (exact) mass is 369 g/mol. The Kier molecular flexibility index (Phi) is 4.20. The topological polar surface area (TPSA) is 21.3 Å². The van der Waals surface area contributed by atoms with Crippen molar-refractivity contribution in [1.82, 2.24) is 5.32 Å². The number of hydrogen-bond acceptors (Lipinski definition) is 2. The maximum atomic E-state index is 13.4. The standard InChI is InChI=1S/C16H14BrClFNO/c1-20-14-8-16(9-2-4-13(18)12(17)6-9)21-15-5-3-10(19)7-11(14)15/h2-7,14,16,20H,8H2,1H3. The molecule has 0 fully saturated rings. The molecule has 21 heavy (non-hydrogen) atoms. The second-order valence-electron chi connectivity index (χ2n) is 5.04. The molecule has 1 heterocycles. The zero-order chi connectivity index (χ0) is 15.0. The van der Waals surface area contributed by atoms with E-state index in [1.807, 2.05) is 25.2 Å². The van der Waals surface area contributed by atoms with E-state index >= 15 is 0 Å². The number of fused-ring (bicyclic) bond motifs is 1. The average molecular weight is 371 g/mol. The normalized spacial score (nSPS) is 20.8. The van der Waals surface area contributed by atoms with Crippen molar-refractivity contribution in [3.8, 4) is 5.75 Å². The van der Waals surface area contributed by atoms with E-state index < -0.39 is 0 Å². The third-order valence-corrected chi connectivity index (χ3v) is 4.94. The van der Waals surface area contributed by atoms with Crippen molar-refractivity contribution < 1.29 is 9.13 Å². The predicted molar refractivity (Wildman–Crippen MR) is 85.3 cm³/mol. The van der Waals surface area contributed by atoms with E-state index in [0.29, 0.717) is 5.02 Å². The summed E-state index contributed by atoms with van der Waals surface area (Å²) < 4.78 is 20.3. The van der Waals surface area contributed by atoms with Gasteiger partial charge in [0.25, 0.3) is 0 Å². The molecule has 110 valence electrons. The molecule has 2 unspecified atom stereocenters. The lowest BCUT2D eigenvalue weighted by Crippen LogP contribution is -2.26. The summed E-state index contributed by atoms with van der Waals surface area (Å²) in [6, 6.07) is 10.5. The molecule has 5 heteroatoms. The number of hydrogen-bond donors (Lipinski definition) is 1. The Hall–Kier alpha value is -1.10. The van der Waals surface area contributed by atoms with Crippen LogP contribution in [0.4, 0.5) is 4.39 Å². The van der Waals surface area contributed by atoms with E-state index in [1.54, 1.807) is 6.07 Å². The van der Waals surface area contributed by atoms with E-state index in [2.05, 4.69) is 21.2 Å². The van der Waals surface area contributed by atoms with E-state index in [0.717, 1.165) is 27.8 Å². The third-order valence-electron chi connectivity index (χ3n) is 3.73. The van der Waals surface area contributed by atoms with Crippen molar-refractivity contribution in [2.75, 3.05) is 7.05 Å². The van der Waals surface area contributed by atoms with Crippen LogP contribution < -0.4 is 10.1 Å². The molecule has 1 aliphatic heterocycles. The van der Waals surface area contributed by atoms with Gasteiger partial charge in [-0.1, -0.05) is 17.7 Å². The highest BCUT2D eigenvalue weighted by Gasteiger charge is 2.29. The summed E-state index contributed by atoms with van der Waals surface area (Å²) in [7, 11) is 1.87. The molecule has 2 atom stereocenters. The zero-order valence-electron chi connectivity index (χ0n) is 11.4. The fourth-order valence-corrected chi connectivity index (χ4v) is 3.15. The number of ether oxygens (including phenoxy) is 1. The Labute approximate surface area is 136 Å². The third kappa shape index (κ3) is 2.93. The lowest BCUT2D eigenvalue weighted by Gasteiger charge is -2.32. The van der Waals surface area contributed by atoms with Gasteiger partial charge in [-0.05, 0) is 58.9 Å². The van der Waals surface area contributed by atoms with Gasteiger partial charge in [-0.2, -0.15) is 0 Å². The number of nitrogens with one attached hydrogen (secondary N) is 1. The summed E-state index contributed by atoms with van der Waals surface area (Å²) in [5.74, 6) is 0.475. The van der Waals surface area contributed by atoms with Crippen molar-refractivity contribution in [2.45, 2.75) is 18.6 Å². The minimum absolute atomic E-state index is 0.0592. The van der Waals surface area contributed by atoms with Gasteiger partial charge in [-0.25, -0.2) is 4.39 Å². The molecule has 0 bridgehead atoms. The Morgan fingerprint density at radius 2 is 2.10 bits per heavy atom. The van der Waals surface area contributed by atoms with Crippen molar-refractivity contribution in [2.24, 2.45) is 0 Å². The Morgan fingerprint density at radius 3 is 2.81 bits per heavy atom. The van der Waals surface area contributed by atoms with Crippen LogP contribution in [0.15, 0.2) is 40.9 Å². The lowest BCUT2D eigenvalue weighted by atomic mass is 9.93. The molecule has 2 aromatic rings. The van der Waals surface area contributed by atoms with Crippen LogP contribution in [0.2, 0.25) is 5.02 Å². The molecule has 1 N–H and O–H groups in total. The van der Waals surface area contributed by atoms with Crippen LogP contribution >= 0.6 is 27.5 Å². The largest absolute Gasteiger partial charge is 0.485 e. The van der Waals surface area contributed by atoms with Crippen molar-refractivity contribution in [3.63, 3.8) is 0 Å². The molecule has 2 aromatic carbocycles. The van der Waals surface area contributed by atoms with Gasteiger partial charge in [0, 0.05) is 22.5 Å². The van der Waals surface area contributed by atoms with E-state index in [4.69, 9.17) is 16.3 Å². The first-order valence-corrected chi connectivity index (χ1v) is 7.84. The average Bonchev–Trinajstić information content (AvgIpc) is 2.49. The lowest BCUT2D eigenvalue weighted by molar-refractivity contribution is 0.153. The van der Waals surface area contributed by atoms with Gasteiger partial charge in [0.2, 0.25) is 0 Å². The highest BCUT2D eigenvalue weighted by molar-refractivity contribution is 9.10. The first kappa shape index (κ1) is 14.8. The van der Waals surface area contributed by atoms with Crippen LogP contribution in [-0.2, 0) is 0 Å². The predicted octanol–water partition coefficient (Wildman–Crippen LogP) is 5.03. The first-order valence-electron chi connectivity index (χ1n) is 6.67. The number of rotatable bonds is 2. The summed E-state index contributed by atoms with van der Waals surface area (Å²) in [5.41, 5.74) is 1.91. The fraction of sp³-hybridized carbons (Fsp3) is 0.250. The molecule has 3 rings (SSSR count). The molecule has 2 nitrogen and oxygen atoms in total. The van der Waals surface area contributed by atoms with Gasteiger partial charge in [-0.15, -0.1) is 0 Å². The Balaban J connectivity index is 1.96. The summed E-state index contributed by atoms with van der Waals surface area (Å²) in [5, 5.41) is 3.90. The van der Waals surface area contributed by atoms with Gasteiger partial charge in [0.05, 0.1) is 5.02 Å². The molecule has 1 aliphatic rings. The second kappa shape index (κ2) is 5.95. The minimum Gasteiger partial charge on any atom is -0.485 e. The molecule has 0 spiro atoms. The molecule has 0 radical (unpaired) electrons. The van der Waals surface area contributed by atoms with E-state index in [9.17, 15) is 4.39 Å². The Morgan fingerprint density at radius 1 is 1.29 bits per heavy atom.